The Balaban J connectivity index is 1.84. The molecule has 0 unspecified atom stereocenters. The van der Waals surface area contributed by atoms with Crippen molar-refractivity contribution in [2.24, 2.45) is 5.92 Å². The molecule has 0 aromatic heterocycles. The fraction of sp³-hybridized carbons (Fsp3) is 0.429. The van der Waals surface area contributed by atoms with Gasteiger partial charge in [0.25, 0.3) is 0 Å². The Kier molecular flexibility index (Phi) is 5.41. The number of carbonyl (C=O) groups excluding carboxylic acids is 1. The van der Waals surface area contributed by atoms with Crippen LogP contribution in [0, 0.1) is 5.92 Å². The van der Waals surface area contributed by atoms with Gasteiger partial charge in [-0.15, -0.1) is 0 Å². The van der Waals surface area contributed by atoms with Gasteiger partial charge in [0.15, 0.2) is 0 Å². The summed E-state index contributed by atoms with van der Waals surface area (Å²) >= 11 is 5.84. The number of aromatic carboxylic acids is 1. The van der Waals surface area contributed by atoms with Crippen LogP contribution < -0.4 is 10.6 Å². The molecule has 21 heavy (non-hydrogen) atoms. The number of carboxylic acids is 1. The average Bonchev–Trinajstić information content (AvgIpc) is 2.46. The van der Waals surface area contributed by atoms with E-state index in [0.717, 1.165) is 26.1 Å². The number of halogens is 1. The van der Waals surface area contributed by atoms with Crippen LogP contribution >= 0.6 is 11.6 Å². The van der Waals surface area contributed by atoms with Gasteiger partial charge in [-0.3, -0.25) is 0 Å². The van der Waals surface area contributed by atoms with Crippen LogP contribution in [-0.2, 0) is 4.74 Å². The zero-order chi connectivity index (χ0) is 15.2. The zero-order valence-electron chi connectivity index (χ0n) is 11.4. The van der Waals surface area contributed by atoms with Crippen molar-refractivity contribution in [3.8, 4) is 0 Å². The molecule has 0 saturated carbocycles. The first-order chi connectivity index (χ1) is 10.1. The number of nitrogens with one attached hydrogen (secondary N) is 2. The van der Waals surface area contributed by atoms with Gasteiger partial charge < -0.3 is 20.5 Å². The number of carboxylic acid groups (broad SMARTS) is 1. The highest BCUT2D eigenvalue weighted by Gasteiger charge is 2.15. The summed E-state index contributed by atoms with van der Waals surface area (Å²) in [7, 11) is 0. The van der Waals surface area contributed by atoms with Crippen LogP contribution in [0.1, 0.15) is 23.2 Å². The molecular weight excluding hydrogens is 296 g/mol. The van der Waals surface area contributed by atoms with Gasteiger partial charge in [0.1, 0.15) is 0 Å². The predicted molar refractivity (Wildman–Crippen MR) is 79.0 cm³/mol. The van der Waals surface area contributed by atoms with E-state index in [0.29, 0.717) is 18.2 Å². The molecule has 0 bridgehead atoms. The predicted octanol–water partition coefficient (Wildman–Crippen LogP) is 2.59. The fourth-order valence-electron chi connectivity index (χ4n) is 2.13. The quantitative estimate of drug-likeness (QED) is 0.797. The van der Waals surface area contributed by atoms with Crippen LogP contribution in [0.3, 0.4) is 0 Å². The van der Waals surface area contributed by atoms with Crippen molar-refractivity contribution in [1.29, 1.82) is 0 Å². The maximum absolute atomic E-state index is 11.8. The van der Waals surface area contributed by atoms with Gasteiger partial charge in [0.05, 0.1) is 10.6 Å². The van der Waals surface area contributed by atoms with E-state index in [1.807, 2.05) is 0 Å². The summed E-state index contributed by atoms with van der Waals surface area (Å²) in [6.45, 7) is 2.07. The van der Waals surface area contributed by atoms with Crippen molar-refractivity contribution >= 4 is 29.3 Å². The summed E-state index contributed by atoms with van der Waals surface area (Å²) in [5.41, 5.74) is 0.458. The minimum atomic E-state index is -1.10. The van der Waals surface area contributed by atoms with E-state index in [2.05, 4.69) is 10.6 Å². The molecule has 0 spiro atoms. The Morgan fingerprint density at radius 1 is 1.33 bits per heavy atom. The van der Waals surface area contributed by atoms with Crippen LogP contribution in [0.2, 0.25) is 5.02 Å². The summed E-state index contributed by atoms with van der Waals surface area (Å²) in [6.07, 6.45) is 1.89. The van der Waals surface area contributed by atoms with Crippen LogP contribution in [0.4, 0.5) is 10.5 Å². The van der Waals surface area contributed by atoms with E-state index < -0.39 is 5.97 Å². The molecule has 1 aliphatic rings. The SMILES string of the molecule is O=C(NCC1CCOCC1)Nc1ccc(C(=O)O)c(Cl)c1. The first-order valence-electron chi connectivity index (χ1n) is 6.71. The summed E-state index contributed by atoms with van der Waals surface area (Å²) in [6, 6.07) is 3.95. The third-order valence-electron chi connectivity index (χ3n) is 3.35. The van der Waals surface area contributed by atoms with Gasteiger partial charge in [0.2, 0.25) is 0 Å². The standard InChI is InChI=1S/C14H17ClN2O4/c15-12-7-10(1-2-11(12)13(18)19)17-14(20)16-8-9-3-5-21-6-4-9/h1-2,7,9H,3-6,8H2,(H,18,19)(H2,16,17,20). The number of hydrogen-bond donors (Lipinski definition) is 3. The molecule has 1 aromatic rings. The Labute approximate surface area is 127 Å². The number of urea groups is 1. The van der Waals surface area contributed by atoms with Gasteiger partial charge >= 0.3 is 12.0 Å². The second kappa shape index (κ2) is 7.28. The molecule has 1 fully saturated rings. The molecule has 1 heterocycles. The zero-order valence-corrected chi connectivity index (χ0v) is 12.2. The average molecular weight is 313 g/mol. The smallest absolute Gasteiger partial charge is 0.337 e. The normalized spacial score (nSPS) is 15.5. The van der Waals surface area contributed by atoms with Gasteiger partial charge in [0, 0.05) is 25.4 Å². The van der Waals surface area contributed by atoms with Crippen molar-refractivity contribution in [2.45, 2.75) is 12.8 Å². The molecule has 7 heteroatoms. The molecule has 1 aliphatic heterocycles. The number of amides is 2. The molecule has 114 valence electrons. The summed E-state index contributed by atoms with van der Waals surface area (Å²) in [5.74, 6) is -0.669. The Morgan fingerprint density at radius 3 is 2.67 bits per heavy atom. The summed E-state index contributed by atoms with van der Waals surface area (Å²) < 4.78 is 5.25. The lowest BCUT2D eigenvalue weighted by atomic mass is 10.0. The Bertz CT molecular complexity index is 530. The van der Waals surface area contributed by atoms with Crippen LogP contribution in [0.15, 0.2) is 18.2 Å². The molecule has 3 N–H and O–H groups in total. The lowest BCUT2D eigenvalue weighted by Crippen LogP contribution is -2.35. The van der Waals surface area contributed by atoms with Gasteiger partial charge in [-0.2, -0.15) is 0 Å². The van der Waals surface area contributed by atoms with Crippen molar-refractivity contribution in [3.63, 3.8) is 0 Å². The second-order valence-electron chi connectivity index (χ2n) is 4.89. The van der Waals surface area contributed by atoms with Crippen LogP contribution in [0.25, 0.3) is 0 Å². The second-order valence-corrected chi connectivity index (χ2v) is 5.30. The van der Waals surface area contributed by atoms with Crippen molar-refractivity contribution in [2.75, 3.05) is 25.1 Å². The fourth-order valence-corrected chi connectivity index (χ4v) is 2.39. The molecule has 1 aromatic carbocycles. The third kappa shape index (κ3) is 4.61. The number of benzene rings is 1. The molecule has 0 atom stereocenters. The highest BCUT2D eigenvalue weighted by Crippen LogP contribution is 2.21. The maximum Gasteiger partial charge on any atom is 0.337 e. The molecule has 2 amide bonds. The minimum absolute atomic E-state index is 0.00447. The molecule has 0 radical (unpaired) electrons. The number of rotatable bonds is 4. The molecular formula is C14H17ClN2O4. The van der Waals surface area contributed by atoms with Crippen molar-refractivity contribution < 1.29 is 19.4 Å². The number of ether oxygens (including phenoxy) is 1. The summed E-state index contributed by atoms with van der Waals surface area (Å²) in [5, 5.41) is 14.4. The lowest BCUT2D eigenvalue weighted by Gasteiger charge is -2.22. The van der Waals surface area contributed by atoms with Gasteiger partial charge in [-0.25, -0.2) is 9.59 Å². The number of anilines is 1. The lowest BCUT2D eigenvalue weighted by molar-refractivity contribution is 0.0670. The first-order valence-corrected chi connectivity index (χ1v) is 7.09. The monoisotopic (exact) mass is 312 g/mol. The molecule has 6 nitrogen and oxygen atoms in total. The van der Waals surface area contributed by atoms with Gasteiger partial charge in [-0.1, -0.05) is 11.6 Å². The first kappa shape index (κ1) is 15.6. The van der Waals surface area contributed by atoms with E-state index in [1.165, 1.54) is 18.2 Å². The number of hydrogen-bond acceptors (Lipinski definition) is 3. The summed E-state index contributed by atoms with van der Waals surface area (Å²) in [4.78, 5) is 22.6. The third-order valence-corrected chi connectivity index (χ3v) is 3.66. The highest BCUT2D eigenvalue weighted by atomic mass is 35.5. The molecule has 2 rings (SSSR count). The Hall–Kier alpha value is -1.79. The van der Waals surface area contributed by atoms with Crippen molar-refractivity contribution in [1.82, 2.24) is 5.32 Å². The minimum Gasteiger partial charge on any atom is -0.478 e. The van der Waals surface area contributed by atoms with Crippen LogP contribution in [-0.4, -0.2) is 36.9 Å². The molecule has 0 aliphatic carbocycles. The highest BCUT2D eigenvalue weighted by molar-refractivity contribution is 6.33. The van der Waals surface area contributed by atoms with E-state index in [4.69, 9.17) is 21.4 Å². The largest absolute Gasteiger partial charge is 0.478 e. The van der Waals surface area contributed by atoms with E-state index in [-0.39, 0.29) is 16.6 Å². The van der Waals surface area contributed by atoms with E-state index >= 15 is 0 Å². The maximum atomic E-state index is 11.8. The van der Waals surface area contributed by atoms with Gasteiger partial charge in [-0.05, 0) is 37.0 Å². The topological polar surface area (TPSA) is 87.7 Å². The molecule has 1 saturated heterocycles. The Morgan fingerprint density at radius 2 is 2.05 bits per heavy atom. The van der Waals surface area contributed by atoms with E-state index in [9.17, 15) is 9.59 Å². The van der Waals surface area contributed by atoms with Crippen LogP contribution in [0.5, 0.6) is 0 Å². The number of carbonyl (C=O) groups is 2. The van der Waals surface area contributed by atoms with Crippen molar-refractivity contribution in [3.05, 3.63) is 28.8 Å². The van der Waals surface area contributed by atoms with E-state index in [1.54, 1.807) is 0 Å².